The van der Waals surface area contributed by atoms with E-state index < -0.39 is 58.8 Å². The van der Waals surface area contributed by atoms with Crippen molar-refractivity contribution < 1.29 is 60.9 Å². The molecule has 21 heteroatoms. The molecule has 388 valence electrons. The molecule has 1 aliphatic heterocycles. The first-order chi connectivity index (χ1) is 33.7. The molecule has 17 nitrogen and oxygen atoms in total. The summed E-state index contributed by atoms with van der Waals surface area (Å²) < 4.78 is 67.1. The summed E-state index contributed by atoms with van der Waals surface area (Å²) in [6.45, 7) is 14.0. The summed E-state index contributed by atoms with van der Waals surface area (Å²) in [6, 6.07) is 17.2. The Kier molecular flexibility index (Phi) is 16.7. The topological polar surface area (TPSA) is 234 Å². The van der Waals surface area contributed by atoms with Crippen molar-refractivity contribution in [1.82, 2.24) is 36.0 Å². The minimum atomic E-state index is -5.48. The number of hydrogen-bond acceptors (Lipinski definition) is 10. The number of ether oxygens (including phenoxy) is 2. The number of alkyl halides is 4. The number of carbonyl (C=O) groups is 6. The number of hydrogen-bond donors (Lipinski definition) is 6. The quantitative estimate of drug-likeness (QED) is 0.0619. The highest BCUT2D eigenvalue weighted by Gasteiger charge is 2.66. The molecule has 1 atom stereocenters. The summed E-state index contributed by atoms with van der Waals surface area (Å²) in [5.74, 6) is -17.2. The number of anilines is 1. The number of H-pyrrole nitrogens is 1. The van der Waals surface area contributed by atoms with E-state index in [1.54, 1.807) is 31.7 Å². The molecule has 6 N–H and O–H groups in total. The lowest BCUT2D eigenvalue weighted by molar-refractivity contribution is -0.231. The second-order valence-electron chi connectivity index (χ2n) is 20.3. The second-order valence-corrected chi connectivity index (χ2v) is 20.3. The highest BCUT2D eigenvalue weighted by atomic mass is 19.3. The van der Waals surface area contributed by atoms with Gasteiger partial charge in [0.25, 0.3) is 5.91 Å². The van der Waals surface area contributed by atoms with Gasteiger partial charge in [0, 0.05) is 54.8 Å². The van der Waals surface area contributed by atoms with Crippen molar-refractivity contribution in [3.63, 3.8) is 0 Å². The van der Waals surface area contributed by atoms with E-state index in [2.05, 4.69) is 36.4 Å². The lowest BCUT2D eigenvalue weighted by atomic mass is 9.81. The van der Waals surface area contributed by atoms with E-state index in [0.717, 1.165) is 16.7 Å². The number of aryl methyl sites for hydroxylation is 1. The van der Waals surface area contributed by atoms with Crippen LogP contribution in [-0.4, -0.2) is 110 Å². The number of alkyl carbamates (subject to hydrolysis) is 1. The van der Waals surface area contributed by atoms with Crippen LogP contribution in [0.2, 0.25) is 0 Å². The number of amides is 5. The predicted molar refractivity (Wildman–Crippen MR) is 257 cm³/mol. The molecule has 0 bridgehead atoms. The van der Waals surface area contributed by atoms with Crippen LogP contribution >= 0.6 is 0 Å². The molecule has 2 heterocycles. The highest BCUT2D eigenvalue weighted by Crippen LogP contribution is 2.42. The van der Waals surface area contributed by atoms with Gasteiger partial charge >= 0.3 is 30.0 Å². The molecule has 2 aliphatic rings. The first-order valence-corrected chi connectivity index (χ1v) is 23.8. The number of aromatic amines is 1. The van der Waals surface area contributed by atoms with Crippen molar-refractivity contribution in [1.29, 1.82) is 0 Å². The summed E-state index contributed by atoms with van der Waals surface area (Å²) in [5, 5.41) is 25.5. The van der Waals surface area contributed by atoms with Crippen LogP contribution in [-0.2, 0) is 36.2 Å². The first-order valence-electron chi connectivity index (χ1n) is 23.8. The standard InChI is InChI=1S/C51H62F4N8O9/c1-29-26-35(42(65)57-37-22-24-63(25-23-37)47(70)72-49(5,6)7)18-21-38(29)32-12-8-30(9-13-32)27-39(59-41(64)34-14-10-31(11-15-34)28-56-46(69)71-48(2,3)4)43(66)58-36-19-16-33(17-20-36)40-60-44(62-61-40)50(52,53)51(54,55)45(67)68/h8-9,12-13,16-21,26,31,34,37,39H,10-11,14-15,22-25,27-28H2,1-7H3,(H,56,69)(H,57,65)(H,58,66)(H,59,64)(H,67,68)(H,60,61,62)/t31-,34-,39-/m0/s1. The van der Waals surface area contributed by atoms with Gasteiger partial charge in [0.2, 0.25) is 17.6 Å². The summed E-state index contributed by atoms with van der Waals surface area (Å²) in [5.41, 5.74) is 2.87. The summed E-state index contributed by atoms with van der Waals surface area (Å²) in [7, 11) is 0. The number of halogens is 4. The SMILES string of the molecule is Cc1cc(C(=O)NC2CCN(C(=O)OC(C)(C)C)CC2)ccc1-c1ccc(C[C@H](NC(=O)[C@H]2CC[C@H](CNC(=O)OC(C)(C)C)CC2)C(=O)Nc2ccc(-c3nc(C(F)(F)C(F)(F)C(=O)O)n[nH]3)cc2)cc1. The van der Waals surface area contributed by atoms with E-state index >= 15 is 0 Å². The molecule has 72 heavy (non-hydrogen) atoms. The Hall–Kier alpha value is -7.06. The minimum Gasteiger partial charge on any atom is -0.477 e. The van der Waals surface area contributed by atoms with Gasteiger partial charge in [-0.1, -0.05) is 30.3 Å². The Morgan fingerprint density at radius 3 is 2.00 bits per heavy atom. The molecular formula is C51H62F4N8O9. The third-order valence-corrected chi connectivity index (χ3v) is 12.3. The molecular weight excluding hydrogens is 945 g/mol. The van der Waals surface area contributed by atoms with Crippen molar-refractivity contribution in [3.05, 3.63) is 89.2 Å². The number of aromatic nitrogens is 3. The number of benzene rings is 3. The van der Waals surface area contributed by atoms with Crippen molar-refractivity contribution in [3.8, 4) is 22.5 Å². The number of piperidine rings is 1. The molecule has 5 amide bonds. The van der Waals surface area contributed by atoms with E-state index in [1.165, 1.54) is 24.3 Å². The lowest BCUT2D eigenvalue weighted by Gasteiger charge is -2.33. The van der Waals surface area contributed by atoms with Crippen LogP contribution in [0.15, 0.2) is 66.7 Å². The summed E-state index contributed by atoms with van der Waals surface area (Å²) >= 11 is 0. The van der Waals surface area contributed by atoms with E-state index in [-0.39, 0.29) is 53.4 Å². The molecule has 0 spiro atoms. The Bertz CT molecular complexity index is 2600. The monoisotopic (exact) mass is 1010 g/mol. The third kappa shape index (κ3) is 14.1. The lowest BCUT2D eigenvalue weighted by Crippen LogP contribution is -2.48. The fraction of sp³-hybridized carbons (Fsp3) is 0.490. The van der Waals surface area contributed by atoms with Crippen molar-refractivity contribution in [2.24, 2.45) is 11.8 Å². The van der Waals surface area contributed by atoms with Crippen LogP contribution < -0.4 is 21.3 Å². The van der Waals surface area contributed by atoms with Crippen molar-refractivity contribution >= 4 is 41.6 Å². The number of aliphatic carboxylic acids is 1. The number of carboxylic acids is 1. The zero-order valence-electron chi connectivity index (χ0n) is 41.3. The molecule has 1 saturated heterocycles. The largest absolute Gasteiger partial charge is 0.477 e. The molecule has 3 aromatic carbocycles. The molecule has 0 radical (unpaired) electrons. The Labute approximate surface area is 414 Å². The number of nitrogens with one attached hydrogen (secondary N) is 5. The molecule has 6 rings (SSSR count). The van der Waals surface area contributed by atoms with E-state index in [4.69, 9.17) is 14.6 Å². The van der Waals surface area contributed by atoms with Gasteiger partial charge in [-0.2, -0.15) is 22.7 Å². The average molecular weight is 1010 g/mol. The van der Waals surface area contributed by atoms with Crippen molar-refractivity contribution in [2.75, 3.05) is 25.0 Å². The Balaban J connectivity index is 1.11. The maximum absolute atomic E-state index is 14.4. The fourth-order valence-electron chi connectivity index (χ4n) is 8.40. The molecule has 4 aromatic rings. The van der Waals surface area contributed by atoms with Gasteiger partial charge < -0.3 is 40.7 Å². The fourth-order valence-corrected chi connectivity index (χ4v) is 8.40. The minimum absolute atomic E-state index is 0.0793. The van der Waals surface area contributed by atoms with E-state index in [9.17, 15) is 46.3 Å². The molecule has 2 fully saturated rings. The third-order valence-electron chi connectivity index (χ3n) is 12.3. The van der Waals surface area contributed by atoms with Crippen LogP contribution in [0.1, 0.15) is 107 Å². The molecule has 1 aromatic heterocycles. The van der Waals surface area contributed by atoms with Gasteiger partial charge in [0.1, 0.15) is 17.2 Å². The summed E-state index contributed by atoms with van der Waals surface area (Å²) in [6.07, 6.45) is 2.75. The van der Waals surface area contributed by atoms with Gasteiger partial charge in [0.05, 0.1) is 0 Å². The number of carboxylic acid groups (broad SMARTS) is 1. The number of rotatable bonds is 15. The highest BCUT2D eigenvalue weighted by molar-refractivity contribution is 5.98. The van der Waals surface area contributed by atoms with Gasteiger partial charge in [-0.3, -0.25) is 19.5 Å². The van der Waals surface area contributed by atoms with Crippen molar-refractivity contribution in [2.45, 2.75) is 129 Å². The zero-order chi connectivity index (χ0) is 52.8. The van der Waals surface area contributed by atoms with Crippen LogP contribution in [0.3, 0.4) is 0 Å². The number of nitrogens with zero attached hydrogens (tertiary/aromatic N) is 3. The summed E-state index contributed by atoms with van der Waals surface area (Å²) in [4.78, 5) is 81.7. The van der Waals surface area contributed by atoms with Gasteiger partial charge in [-0.15, -0.1) is 0 Å². The van der Waals surface area contributed by atoms with Crippen LogP contribution in [0.25, 0.3) is 22.5 Å². The Morgan fingerprint density at radius 2 is 1.42 bits per heavy atom. The normalized spacial score (nSPS) is 17.3. The van der Waals surface area contributed by atoms with E-state index in [0.29, 0.717) is 69.3 Å². The number of carbonyl (C=O) groups excluding carboxylic acids is 5. The first kappa shape index (κ1) is 54.3. The molecule has 0 unspecified atom stereocenters. The van der Waals surface area contributed by atoms with Gasteiger partial charge in [0.15, 0.2) is 5.82 Å². The second kappa shape index (κ2) is 22.1. The maximum atomic E-state index is 14.4. The van der Waals surface area contributed by atoms with E-state index in [1.807, 2.05) is 64.1 Å². The Morgan fingerprint density at radius 1 is 0.806 bits per heavy atom. The maximum Gasteiger partial charge on any atom is 0.411 e. The van der Waals surface area contributed by atoms with Gasteiger partial charge in [-0.25, -0.2) is 19.4 Å². The van der Waals surface area contributed by atoms with Crippen LogP contribution in [0, 0.1) is 18.8 Å². The van der Waals surface area contributed by atoms with Gasteiger partial charge in [-0.05, 0) is 152 Å². The molecule has 1 aliphatic carbocycles. The molecule has 1 saturated carbocycles. The van der Waals surface area contributed by atoms with Crippen LogP contribution in [0.4, 0.5) is 32.8 Å². The van der Waals surface area contributed by atoms with Crippen LogP contribution in [0.5, 0.6) is 0 Å². The smallest absolute Gasteiger partial charge is 0.411 e. The zero-order valence-corrected chi connectivity index (χ0v) is 41.3. The predicted octanol–water partition coefficient (Wildman–Crippen LogP) is 8.39. The average Bonchev–Trinajstić information content (AvgIpc) is 3.82. The number of likely N-dealkylation sites (tertiary alicyclic amines) is 1.